The summed E-state index contributed by atoms with van der Waals surface area (Å²) >= 11 is 0. The molecule has 0 unspecified atom stereocenters. The van der Waals surface area contributed by atoms with E-state index in [-0.39, 0.29) is 23.7 Å². The summed E-state index contributed by atoms with van der Waals surface area (Å²) in [6, 6.07) is 2.52. The zero-order valence-electron chi connectivity index (χ0n) is 11.0. The average molecular weight is 256 g/mol. The van der Waals surface area contributed by atoms with E-state index in [4.69, 9.17) is 0 Å². The fourth-order valence-electron chi connectivity index (χ4n) is 1.45. The molecule has 3 nitrogen and oxygen atoms in total. The molecule has 1 aromatic rings. The summed E-state index contributed by atoms with van der Waals surface area (Å²) in [5, 5.41) is 5.18. The van der Waals surface area contributed by atoms with Crippen molar-refractivity contribution in [1.82, 2.24) is 5.32 Å². The Labute approximate surface area is 106 Å². The van der Waals surface area contributed by atoms with Gasteiger partial charge >= 0.3 is 0 Å². The fraction of sp³-hybridized carbons (Fsp3) is 0.462. The quantitative estimate of drug-likeness (QED) is 0.872. The van der Waals surface area contributed by atoms with Crippen LogP contribution in [0.4, 0.5) is 14.5 Å². The van der Waals surface area contributed by atoms with Gasteiger partial charge in [0.25, 0.3) is 0 Å². The van der Waals surface area contributed by atoms with Crippen molar-refractivity contribution in [1.29, 1.82) is 0 Å². The van der Waals surface area contributed by atoms with Gasteiger partial charge < -0.3 is 10.6 Å². The van der Waals surface area contributed by atoms with Gasteiger partial charge in [-0.15, -0.1) is 0 Å². The van der Waals surface area contributed by atoms with Gasteiger partial charge in [0.1, 0.15) is 11.5 Å². The molecular formula is C13H18F2N2O. The lowest BCUT2D eigenvalue weighted by atomic mass is 10.1. The van der Waals surface area contributed by atoms with Crippen LogP contribution in [0.1, 0.15) is 26.3 Å². The Hall–Kier alpha value is -1.65. The van der Waals surface area contributed by atoms with E-state index < -0.39 is 11.6 Å². The van der Waals surface area contributed by atoms with Gasteiger partial charge in [0.05, 0.1) is 6.54 Å². The second kappa shape index (κ2) is 5.33. The van der Waals surface area contributed by atoms with E-state index >= 15 is 0 Å². The largest absolute Gasteiger partial charge is 0.371 e. The second-order valence-corrected chi connectivity index (χ2v) is 5.20. The number of amides is 1. The molecule has 0 heterocycles. The van der Waals surface area contributed by atoms with E-state index in [1.165, 1.54) is 19.1 Å². The van der Waals surface area contributed by atoms with Crippen LogP contribution in [0.25, 0.3) is 0 Å². The zero-order valence-corrected chi connectivity index (χ0v) is 11.0. The first-order valence-electron chi connectivity index (χ1n) is 5.70. The van der Waals surface area contributed by atoms with Crippen LogP contribution < -0.4 is 10.6 Å². The van der Waals surface area contributed by atoms with Crippen molar-refractivity contribution >= 4 is 11.6 Å². The van der Waals surface area contributed by atoms with Gasteiger partial charge in [0.15, 0.2) is 5.82 Å². The molecule has 0 saturated heterocycles. The van der Waals surface area contributed by atoms with E-state index in [1.54, 1.807) is 0 Å². The molecule has 1 amide bonds. The topological polar surface area (TPSA) is 41.1 Å². The molecule has 0 aliphatic heterocycles. The van der Waals surface area contributed by atoms with Crippen LogP contribution in [0, 0.1) is 18.6 Å². The van der Waals surface area contributed by atoms with Gasteiger partial charge in [-0.3, -0.25) is 4.79 Å². The predicted molar refractivity (Wildman–Crippen MR) is 67.5 cm³/mol. The van der Waals surface area contributed by atoms with Crippen LogP contribution in [0.15, 0.2) is 12.1 Å². The SMILES string of the molecule is Cc1ccc(F)c(NCC(=O)NC(C)(C)C)c1F. The second-order valence-electron chi connectivity index (χ2n) is 5.20. The lowest BCUT2D eigenvalue weighted by molar-refractivity contribution is -0.120. The molecule has 0 radical (unpaired) electrons. The molecule has 0 fully saturated rings. The highest BCUT2D eigenvalue weighted by molar-refractivity contribution is 5.81. The van der Waals surface area contributed by atoms with Gasteiger partial charge in [0, 0.05) is 5.54 Å². The summed E-state index contributed by atoms with van der Waals surface area (Å²) in [6.45, 7) is 6.86. The van der Waals surface area contributed by atoms with Crippen molar-refractivity contribution in [3.63, 3.8) is 0 Å². The minimum Gasteiger partial charge on any atom is -0.371 e. The maximum absolute atomic E-state index is 13.6. The first-order valence-corrected chi connectivity index (χ1v) is 5.70. The first kappa shape index (κ1) is 14.4. The van der Waals surface area contributed by atoms with Gasteiger partial charge in [-0.05, 0) is 39.3 Å². The van der Waals surface area contributed by atoms with Crippen molar-refractivity contribution < 1.29 is 13.6 Å². The summed E-state index contributed by atoms with van der Waals surface area (Å²) in [6.07, 6.45) is 0. The normalized spacial score (nSPS) is 11.2. The van der Waals surface area contributed by atoms with Crippen molar-refractivity contribution in [3.8, 4) is 0 Å². The molecule has 0 spiro atoms. The van der Waals surface area contributed by atoms with Gasteiger partial charge in [0.2, 0.25) is 5.91 Å². The van der Waals surface area contributed by atoms with Crippen molar-refractivity contribution in [2.45, 2.75) is 33.2 Å². The average Bonchev–Trinajstić information content (AvgIpc) is 2.21. The maximum Gasteiger partial charge on any atom is 0.239 e. The Kier molecular flexibility index (Phi) is 4.27. The third-order valence-corrected chi connectivity index (χ3v) is 2.22. The number of carbonyl (C=O) groups excluding carboxylic acids is 1. The smallest absolute Gasteiger partial charge is 0.239 e. The molecule has 0 bridgehead atoms. The van der Waals surface area contributed by atoms with Crippen LogP contribution in [0.2, 0.25) is 0 Å². The van der Waals surface area contributed by atoms with Crippen LogP contribution >= 0.6 is 0 Å². The summed E-state index contributed by atoms with van der Waals surface area (Å²) in [5.74, 6) is -1.69. The van der Waals surface area contributed by atoms with Gasteiger partial charge in [-0.2, -0.15) is 0 Å². The van der Waals surface area contributed by atoms with Crippen molar-refractivity contribution in [2.24, 2.45) is 0 Å². The summed E-state index contributed by atoms with van der Waals surface area (Å²) in [4.78, 5) is 11.5. The number of halogens is 2. The molecule has 0 aliphatic carbocycles. The number of nitrogens with one attached hydrogen (secondary N) is 2. The van der Waals surface area contributed by atoms with Gasteiger partial charge in [-0.25, -0.2) is 8.78 Å². The third-order valence-electron chi connectivity index (χ3n) is 2.22. The summed E-state index contributed by atoms with van der Waals surface area (Å²) in [7, 11) is 0. The molecule has 0 atom stereocenters. The highest BCUT2D eigenvalue weighted by atomic mass is 19.1. The summed E-state index contributed by atoms with van der Waals surface area (Å²) in [5.41, 5.74) is -0.308. The van der Waals surface area contributed by atoms with Crippen LogP contribution in [-0.2, 0) is 4.79 Å². The Morgan fingerprint density at radius 3 is 2.44 bits per heavy atom. The van der Waals surface area contributed by atoms with Crippen LogP contribution in [0.3, 0.4) is 0 Å². The highest BCUT2D eigenvalue weighted by Gasteiger charge is 2.15. The zero-order chi connectivity index (χ0) is 13.9. The molecule has 0 saturated carbocycles. The number of anilines is 1. The Balaban J connectivity index is 2.70. The molecule has 100 valence electrons. The number of carbonyl (C=O) groups is 1. The van der Waals surface area contributed by atoms with E-state index in [0.29, 0.717) is 5.56 Å². The molecule has 5 heteroatoms. The molecule has 0 aliphatic rings. The van der Waals surface area contributed by atoms with Crippen LogP contribution in [0.5, 0.6) is 0 Å². The number of aryl methyl sites for hydroxylation is 1. The number of hydrogen-bond donors (Lipinski definition) is 2. The minimum absolute atomic E-state index is 0.172. The first-order chi connectivity index (χ1) is 8.20. The van der Waals surface area contributed by atoms with E-state index in [9.17, 15) is 13.6 Å². The van der Waals surface area contributed by atoms with E-state index in [2.05, 4.69) is 10.6 Å². The van der Waals surface area contributed by atoms with E-state index in [0.717, 1.165) is 0 Å². The van der Waals surface area contributed by atoms with E-state index in [1.807, 2.05) is 20.8 Å². The summed E-state index contributed by atoms with van der Waals surface area (Å²) < 4.78 is 27.0. The Morgan fingerprint density at radius 1 is 1.28 bits per heavy atom. The minimum atomic E-state index is -0.707. The van der Waals surface area contributed by atoms with Crippen molar-refractivity contribution in [2.75, 3.05) is 11.9 Å². The van der Waals surface area contributed by atoms with Crippen molar-refractivity contribution in [3.05, 3.63) is 29.3 Å². The lowest BCUT2D eigenvalue weighted by Crippen LogP contribution is -2.43. The monoisotopic (exact) mass is 256 g/mol. The lowest BCUT2D eigenvalue weighted by Gasteiger charge is -2.21. The van der Waals surface area contributed by atoms with Gasteiger partial charge in [-0.1, -0.05) is 6.07 Å². The molecule has 2 N–H and O–H groups in total. The molecule has 1 aromatic carbocycles. The predicted octanol–water partition coefficient (Wildman–Crippen LogP) is 2.60. The highest BCUT2D eigenvalue weighted by Crippen LogP contribution is 2.21. The Morgan fingerprint density at radius 2 is 1.89 bits per heavy atom. The maximum atomic E-state index is 13.6. The number of hydrogen-bond acceptors (Lipinski definition) is 2. The number of benzene rings is 1. The third kappa shape index (κ3) is 3.98. The molecular weight excluding hydrogens is 238 g/mol. The number of rotatable bonds is 3. The standard InChI is InChI=1S/C13H18F2N2O/c1-8-5-6-9(14)12(11(8)15)16-7-10(18)17-13(2,3)4/h5-6,16H,7H2,1-4H3,(H,17,18). The molecule has 1 rings (SSSR count). The molecule has 0 aromatic heterocycles. The fourth-order valence-corrected chi connectivity index (χ4v) is 1.45. The molecule has 18 heavy (non-hydrogen) atoms. The van der Waals surface area contributed by atoms with Crippen LogP contribution in [-0.4, -0.2) is 18.0 Å². The Bertz CT molecular complexity index is 453.